The van der Waals surface area contributed by atoms with E-state index in [-0.39, 0.29) is 0 Å². The highest BCUT2D eigenvalue weighted by molar-refractivity contribution is 7.85. The first-order valence-electron chi connectivity index (χ1n) is 7.58. The van der Waals surface area contributed by atoms with Gasteiger partial charge in [0.05, 0.1) is 6.61 Å². The average Bonchev–Trinajstić information content (AvgIpc) is 2.53. The van der Waals surface area contributed by atoms with Crippen LogP contribution in [-0.2, 0) is 17.3 Å². The molecule has 0 aromatic heterocycles. The zero-order valence-corrected chi connectivity index (χ0v) is 12.9. The first-order valence-corrected chi connectivity index (χ1v) is 8.97. The Morgan fingerprint density at radius 1 is 1.15 bits per heavy atom. The molecule has 0 saturated heterocycles. The van der Waals surface area contributed by atoms with Crippen molar-refractivity contribution in [3.63, 3.8) is 0 Å². The topological polar surface area (TPSA) is 52.3 Å². The van der Waals surface area contributed by atoms with Gasteiger partial charge in [0.2, 0.25) is 0 Å². The van der Waals surface area contributed by atoms with E-state index in [0.29, 0.717) is 18.4 Å². The van der Waals surface area contributed by atoms with E-state index in [1.165, 1.54) is 19.3 Å². The van der Waals surface area contributed by atoms with Crippen molar-refractivity contribution in [2.24, 2.45) is 5.73 Å². The summed E-state index contributed by atoms with van der Waals surface area (Å²) in [6, 6.07) is 7.85. The Balaban J connectivity index is 1.64. The van der Waals surface area contributed by atoms with Crippen molar-refractivity contribution in [3.8, 4) is 5.75 Å². The molecule has 0 radical (unpaired) electrons. The Morgan fingerprint density at radius 2 is 1.85 bits per heavy atom. The largest absolute Gasteiger partial charge is 0.494 e. The Kier molecular flexibility index (Phi) is 6.54. The highest BCUT2D eigenvalue weighted by Gasteiger charge is 2.19. The molecule has 0 spiro atoms. The maximum Gasteiger partial charge on any atom is 0.119 e. The SMILES string of the molecule is NCc1ccc(OCCCS(=O)C2CCCCC2)cc1. The molecule has 0 amide bonds. The summed E-state index contributed by atoms with van der Waals surface area (Å²) in [7, 11) is -0.666. The molecule has 2 N–H and O–H groups in total. The third-order valence-corrected chi connectivity index (χ3v) is 5.75. The van der Waals surface area contributed by atoms with Gasteiger partial charge in [0, 0.05) is 28.3 Å². The lowest BCUT2D eigenvalue weighted by atomic mass is 10.0. The van der Waals surface area contributed by atoms with E-state index in [2.05, 4.69) is 0 Å². The van der Waals surface area contributed by atoms with Crippen LogP contribution >= 0.6 is 0 Å². The molecule has 3 nitrogen and oxygen atoms in total. The molecule has 1 unspecified atom stereocenters. The lowest BCUT2D eigenvalue weighted by Crippen LogP contribution is -2.21. The second-order valence-corrected chi connectivity index (χ2v) is 7.23. The fourth-order valence-corrected chi connectivity index (χ4v) is 4.20. The summed E-state index contributed by atoms with van der Waals surface area (Å²) in [5.41, 5.74) is 6.66. The average molecular weight is 295 g/mol. The number of nitrogens with two attached hydrogens (primary N) is 1. The van der Waals surface area contributed by atoms with E-state index < -0.39 is 10.8 Å². The molecular formula is C16H25NO2S. The summed E-state index contributed by atoms with van der Waals surface area (Å²) in [5, 5.41) is 0.438. The number of ether oxygens (including phenoxy) is 1. The van der Waals surface area contributed by atoms with Crippen LogP contribution in [0.1, 0.15) is 44.1 Å². The van der Waals surface area contributed by atoms with E-state index in [1.807, 2.05) is 24.3 Å². The summed E-state index contributed by atoms with van der Waals surface area (Å²) in [4.78, 5) is 0. The van der Waals surface area contributed by atoms with Gasteiger partial charge in [-0.1, -0.05) is 31.4 Å². The standard InChI is InChI=1S/C16H25NO2S/c17-13-14-7-9-15(10-8-14)19-11-4-12-20(18)16-5-2-1-3-6-16/h7-10,16H,1-6,11-13,17H2. The van der Waals surface area contributed by atoms with Gasteiger partial charge in [-0.3, -0.25) is 4.21 Å². The van der Waals surface area contributed by atoms with Gasteiger partial charge in [-0.15, -0.1) is 0 Å². The number of rotatable bonds is 7. The molecule has 0 aliphatic heterocycles. The molecule has 0 bridgehead atoms. The molecule has 1 fully saturated rings. The van der Waals surface area contributed by atoms with Crippen LogP contribution in [0.15, 0.2) is 24.3 Å². The maximum absolute atomic E-state index is 12.1. The van der Waals surface area contributed by atoms with Crippen LogP contribution in [0.2, 0.25) is 0 Å². The number of hydrogen-bond acceptors (Lipinski definition) is 3. The Morgan fingerprint density at radius 3 is 2.50 bits per heavy atom. The van der Waals surface area contributed by atoms with E-state index >= 15 is 0 Å². The van der Waals surface area contributed by atoms with Gasteiger partial charge in [0.25, 0.3) is 0 Å². The van der Waals surface area contributed by atoms with Crippen molar-refractivity contribution in [3.05, 3.63) is 29.8 Å². The second kappa shape index (κ2) is 8.42. The minimum Gasteiger partial charge on any atom is -0.494 e. The Labute approximate surface area is 124 Å². The number of benzene rings is 1. The third kappa shape index (κ3) is 4.91. The molecule has 4 heteroatoms. The van der Waals surface area contributed by atoms with E-state index in [4.69, 9.17) is 10.5 Å². The molecule has 1 aromatic rings. The van der Waals surface area contributed by atoms with Gasteiger partial charge in [-0.25, -0.2) is 0 Å². The first-order chi connectivity index (χ1) is 9.79. The highest BCUT2D eigenvalue weighted by Crippen LogP contribution is 2.22. The van der Waals surface area contributed by atoms with Crippen molar-refractivity contribution in [1.29, 1.82) is 0 Å². The van der Waals surface area contributed by atoms with Crippen molar-refractivity contribution in [2.45, 2.75) is 50.3 Å². The van der Waals surface area contributed by atoms with Crippen LogP contribution in [-0.4, -0.2) is 21.8 Å². The highest BCUT2D eigenvalue weighted by atomic mass is 32.2. The summed E-state index contributed by atoms with van der Waals surface area (Å²) in [6.07, 6.45) is 6.97. The smallest absolute Gasteiger partial charge is 0.119 e. The summed E-state index contributed by atoms with van der Waals surface area (Å²) >= 11 is 0. The van der Waals surface area contributed by atoms with Crippen molar-refractivity contribution in [2.75, 3.05) is 12.4 Å². The van der Waals surface area contributed by atoms with E-state index in [0.717, 1.165) is 36.3 Å². The zero-order chi connectivity index (χ0) is 14.2. The van der Waals surface area contributed by atoms with Gasteiger partial charge in [0.15, 0.2) is 0 Å². The third-order valence-electron chi connectivity index (χ3n) is 3.84. The molecule has 1 atom stereocenters. The number of hydrogen-bond donors (Lipinski definition) is 1. The summed E-state index contributed by atoms with van der Waals surface area (Å²) < 4.78 is 17.8. The van der Waals surface area contributed by atoms with Crippen molar-refractivity contribution < 1.29 is 8.95 Å². The summed E-state index contributed by atoms with van der Waals surface area (Å²) in [5.74, 6) is 1.64. The molecule has 0 heterocycles. The Bertz CT molecular complexity index is 413. The Hall–Kier alpha value is -0.870. The first kappa shape index (κ1) is 15.5. The van der Waals surface area contributed by atoms with Gasteiger partial charge < -0.3 is 10.5 Å². The zero-order valence-electron chi connectivity index (χ0n) is 12.1. The van der Waals surface area contributed by atoms with Gasteiger partial charge in [-0.05, 0) is 37.0 Å². The fraction of sp³-hybridized carbons (Fsp3) is 0.625. The molecule has 1 aliphatic carbocycles. The second-order valence-electron chi connectivity index (χ2n) is 5.39. The van der Waals surface area contributed by atoms with Crippen LogP contribution in [0.3, 0.4) is 0 Å². The quantitative estimate of drug-likeness (QED) is 0.787. The minimum atomic E-state index is -0.666. The van der Waals surface area contributed by atoms with Crippen LogP contribution < -0.4 is 10.5 Å². The van der Waals surface area contributed by atoms with Gasteiger partial charge in [0.1, 0.15) is 5.75 Å². The predicted octanol–water partition coefficient (Wildman–Crippen LogP) is 3.00. The van der Waals surface area contributed by atoms with E-state index in [9.17, 15) is 4.21 Å². The maximum atomic E-state index is 12.1. The van der Waals surface area contributed by atoms with Crippen molar-refractivity contribution >= 4 is 10.8 Å². The molecular weight excluding hydrogens is 270 g/mol. The lowest BCUT2D eigenvalue weighted by molar-refractivity contribution is 0.318. The van der Waals surface area contributed by atoms with Crippen LogP contribution in [0, 0.1) is 0 Å². The van der Waals surface area contributed by atoms with Crippen LogP contribution in [0.5, 0.6) is 5.75 Å². The van der Waals surface area contributed by atoms with Gasteiger partial charge in [-0.2, -0.15) is 0 Å². The summed E-state index contributed by atoms with van der Waals surface area (Å²) in [6.45, 7) is 1.20. The van der Waals surface area contributed by atoms with Crippen LogP contribution in [0.4, 0.5) is 0 Å². The molecule has 1 aromatic carbocycles. The molecule has 20 heavy (non-hydrogen) atoms. The molecule has 1 saturated carbocycles. The molecule has 112 valence electrons. The minimum absolute atomic E-state index is 0.438. The molecule has 2 rings (SSSR count). The van der Waals surface area contributed by atoms with Crippen molar-refractivity contribution in [1.82, 2.24) is 0 Å². The fourth-order valence-electron chi connectivity index (χ4n) is 2.61. The molecule has 1 aliphatic rings. The van der Waals surface area contributed by atoms with Gasteiger partial charge >= 0.3 is 0 Å². The van der Waals surface area contributed by atoms with E-state index in [1.54, 1.807) is 0 Å². The lowest BCUT2D eigenvalue weighted by Gasteiger charge is -2.20. The van der Waals surface area contributed by atoms with Crippen LogP contribution in [0.25, 0.3) is 0 Å². The predicted molar refractivity (Wildman–Crippen MR) is 84.3 cm³/mol. The monoisotopic (exact) mass is 295 g/mol. The normalized spacial score (nSPS) is 17.9.